The molecule has 2 aromatic carbocycles. The van der Waals surface area contributed by atoms with Crippen molar-refractivity contribution in [2.75, 3.05) is 26.0 Å². The minimum absolute atomic E-state index is 0.131. The van der Waals surface area contributed by atoms with E-state index in [1.807, 2.05) is 19.2 Å². The van der Waals surface area contributed by atoms with Gasteiger partial charge in [0.05, 0.1) is 14.2 Å². The van der Waals surface area contributed by atoms with Crippen molar-refractivity contribution in [3.63, 3.8) is 0 Å². The number of amides is 1. The summed E-state index contributed by atoms with van der Waals surface area (Å²) in [7, 11) is 3.43. The average Bonchev–Trinajstić information content (AvgIpc) is 2.50. The number of carbonyl (C=O) groups excluding carboxylic acids is 1. The molecule has 0 heterocycles. The predicted octanol–water partition coefficient (Wildman–Crippen LogP) is 2.25. The van der Waals surface area contributed by atoms with Crippen LogP contribution >= 0.6 is 15.9 Å². The highest BCUT2D eigenvalue weighted by molar-refractivity contribution is 9.10. The van der Waals surface area contributed by atoms with Gasteiger partial charge in [-0.2, -0.15) is 0 Å². The predicted molar refractivity (Wildman–Crippen MR) is 91.2 cm³/mol. The summed E-state index contributed by atoms with van der Waals surface area (Å²) in [5.41, 5.74) is 1.26. The number of likely N-dealkylation sites (N-methyl/N-ethyl adjacent to an activating group) is 1. The van der Waals surface area contributed by atoms with Crippen LogP contribution < -0.4 is 15.0 Å². The van der Waals surface area contributed by atoms with Crippen LogP contribution in [0.5, 0.6) is 5.75 Å². The third kappa shape index (κ3) is 5.33. The van der Waals surface area contributed by atoms with E-state index in [4.69, 9.17) is 4.74 Å². The maximum atomic E-state index is 13.8. The average molecular weight is 382 g/mol. The zero-order valence-corrected chi connectivity index (χ0v) is 14.6. The molecule has 0 bridgehead atoms. The summed E-state index contributed by atoms with van der Waals surface area (Å²) in [6.45, 7) is 0.678. The Bertz CT molecular complexity index is 694. The van der Waals surface area contributed by atoms with Crippen LogP contribution in [0.25, 0.3) is 0 Å². The molecule has 0 saturated carbocycles. The fourth-order valence-electron chi connectivity index (χ4n) is 2.23. The number of methoxy groups -OCH3 is 1. The van der Waals surface area contributed by atoms with Crippen LogP contribution in [0, 0.1) is 5.82 Å². The second kappa shape index (κ2) is 8.08. The Labute approximate surface area is 143 Å². The summed E-state index contributed by atoms with van der Waals surface area (Å²) >= 11 is 3.23. The number of benzene rings is 2. The quantitative estimate of drug-likeness (QED) is 0.805. The molecule has 0 saturated heterocycles. The van der Waals surface area contributed by atoms with Gasteiger partial charge in [-0.05, 0) is 30.3 Å². The van der Waals surface area contributed by atoms with Gasteiger partial charge in [-0.1, -0.05) is 22.0 Å². The number of anilines is 1. The molecule has 1 amide bonds. The molecule has 122 valence electrons. The highest BCUT2D eigenvalue weighted by atomic mass is 79.9. The van der Waals surface area contributed by atoms with Gasteiger partial charge in [0, 0.05) is 21.8 Å². The molecule has 1 atom stereocenters. The number of hydrogen-bond acceptors (Lipinski definition) is 2. The largest absolute Gasteiger partial charge is 0.497 e. The maximum absolute atomic E-state index is 13.8. The van der Waals surface area contributed by atoms with E-state index in [1.165, 1.54) is 6.07 Å². The summed E-state index contributed by atoms with van der Waals surface area (Å²) in [4.78, 5) is 13.0. The Hall–Kier alpha value is -1.92. The Morgan fingerprint density at radius 1 is 1.30 bits per heavy atom. The van der Waals surface area contributed by atoms with Crippen molar-refractivity contribution in [2.45, 2.75) is 6.54 Å². The van der Waals surface area contributed by atoms with Crippen LogP contribution in [0.2, 0.25) is 0 Å². The first-order valence-corrected chi connectivity index (χ1v) is 7.96. The Balaban J connectivity index is 1.91. The molecule has 2 rings (SSSR count). The van der Waals surface area contributed by atoms with Gasteiger partial charge in [0.1, 0.15) is 18.1 Å². The summed E-state index contributed by atoms with van der Waals surface area (Å²) in [5.74, 6) is 0.278. The zero-order valence-electron chi connectivity index (χ0n) is 13.0. The van der Waals surface area contributed by atoms with E-state index in [2.05, 4.69) is 21.2 Å². The van der Waals surface area contributed by atoms with E-state index < -0.39 is 0 Å². The fourth-order valence-corrected chi connectivity index (χ4v) is 2.57. The highest BCUT2D eigenvalue weighted by Gasteiger charge is 2.13. The Morgan fingerprint density at radius 3 is 2.78 bits per heavy atom. The summed E-state index contributed by atoms with van der Waals surface area (Å²) in [6, 6.07) is 12.1. The molecule has 0 aliphatic rings. The molecule has 4 nitrogen and oxygen atoms in total. The van der Waals surface area contributed by atoms with Crippen molar-refractivity contribution in [1.29, 1.82) is 0 Å². The van der Waals surface area contributed by atoms with Crippen LogP contribution in [0.3, 0.4) is 0 Å². The van der Waals surface area contributed by atoms with E-state index in [9.17, 15) is 9.18 Å². The van der Waals surface area contributed by atoms with Crippen molar-refractivity contribution in [3.8, 4) is 5.75 Å². The number of ether oxygens (including phenoxy) is 1. The summed E-state index contributed by atoms with van der Waals surface area (Å²) in [5, 5.41) is 2.82. The van der Waals surface area contributed by atoms with Crippen molar-refractivity contribution in [3.05, 3.63) is 58.3 Å². The first kappa shape index (κ1) is 17.4. The molecule has 1 unspecified atom stereocenters. The van der Waals surface area contributed by atoms with Crippen LogP contribution in [-0.2, 0) is 11.3 Å². The number of nitrogens with one attached hydrogen (secondary N) is 2. The van der Waals surface area contributed by atoms with Crippen molar-refractivity contribution < 1.29 is 18.8 Å². The van der Waals surface area contributed by atoms with Gasteiger partial charge in [0.2, 0.25) is 0 Å². The van der Waals surface area contributed by atoms with E-state index in [-0.39, 0.29) is 18.3 Å². The fraction of sp³-hybridized carbons (Fsp3) is 0.235. The van der Waals surface area contributed by atoms with Gasteiger partial charge in [-0.3, -0.25) is 4.79 Å². The van der Waals surface area contributed by atoms with Crippen LogP contribution in [-0.4, -0.2) is 26.6 Å². The molecular weight excluding hydrogens is 363 g/mol. The lowest BCUT2D eigenvalue weighted by atomic mass is 10.2. The number of hydrogen-bond donors (Lipinski definition) is 2. The number of carbonyl (C=O) groups is 1. The van der Waals surface area contributed by atoms with Gasteiger partial charge in [-0.15, -0.1) is 0 Å². The molecule has 0 aliphatic heterocycles. The van der Waals surface area contributed by atoms with E-state index in [0.717, 1.165) is 4.90 Å². The molecule has 2 aromatic rings. The molecular formula is C17H19BrFN2O2+. The van der Waals surface area contributed by atoms with Crippen LogP contribution in [0.15, 0.2) is 46.9 Å². The molecule has 2 N–H and O–H groups in total. The van der Waals surface area contributed by atoms with E-state index in [1.54, 1.807) is 31.4 Å². The normalized spacial score (nSPS) is 11.8. The monoisotopic (exact) mass is 381 g/mol. The number of rotatable bonds is 6. The summed E-state index contributed by atoms with van der Waals surface area (Å²) < 4.78 is 19.6. The molecule has 0 spiro atoms. The second-order valence-corrected chi connectivity index (χ2v) is 6.24. The van der Waals surface area contributed by atoms with Gasteiger partial charge >= 0.3 is 0 Å². The standard InChI is InChI=1S/C17H18BrFN2O2/c1-21(10-12-6-7-13(18)8-16(12)19)11-17(22)20-14-4-3-5-15(9-14)23-2/h3-9H,10-11H2,1-2H3,(H,20,22)/p+1. The molecule has 0 aromatic heterocycles. The lowest BCUT2D eigenvalue weighted by Gasteiger charge is -2.14. The van der Waals surface area contributed by atoms with Gasteiger partial charge in [0.15, 0.2) is 6.54 Å². The third-order valence-corrected chi connectivity index (χ3v) is 3.82. The number of halogens is 2. The van der Waals surface area contributed by atoms with Crippen LogP contribution in [0.1, 0.15) is 5.56 Å². The minimum atomic E-state index is -0.271. The van der Waals surface area contributed by atoms with E-state index in [0.29, 0.717) is 28.0 Å². The first-order valence-electron chi connectivity index (χ1n) is 7.17. The third-order valence-electron chi connectivity index (χ3n) is 3.32. The molecule has 0 radical (unpaired) electrons. The molecule has 6 heteroatoms. The van der Waals surface area contributed by atoms with Crippen LogP contribution in [0.4, 0.5) is 10.1 Å². The second-order valence-electron chi connectivity index (χ2n) is 5.33. The maximum Gasteiger partial charge on any atom is 0.279 e. The molecule has 23 heavy (non-hydrogen) atoms. The van der Waals surface area contributed by atoms with Crippen molar-refractivity contribution >= 4 is 27.5 Å². The van der Waals surface area contributed by atoms with Crippen molar-refractivity contribution in [2.24, 2.45) is 0 Å². The minimum Gasteiger partial charge on any atom is -0.497 e. The smallest absolute Gasteiger partial charge is 0.279 e. The lowest BCUT2D eigenvalue weighted by molar-refractivity contribution is -0.885. The zero-order chi connectivity index (χ0) is 16.8. The summed E-state index contributed by atoms with van der Waals surface area (Å²) in [6.07, 6.45) is 0. The lowest BCUT2D eigenvalue weighted by Crippen LogP contribution is -3.08. The topological polar surface area (TPSA) is 42.8 Å². The van der Waals surface area contributed by atoms with Crippen molar-refractivity contribution in [1.82, 2.24) is 0 Å². The van der Waals surface area contributed by atoms with Gasteiger partial charge < -0.3 is 15.0 Å². The molecule has 0 aliphatic carbocycles. The SMILES string of the molecule is COc1cccc(NC(=O)C[NH+](C)Cc2ccc(Br)cc2F)c1. The number of quaternary nitrogens is 1. The Kier molecular flexibility index (Phi) is 6.12. The van der Waals surface area contributed by atoms with Gasteiger partial charge in [0.25, 0.3) is 5.91 Å². The van der Waals surface area contributed by atoms with E-state index >= 15 is 0 Å². The first-order chi connectivity index (χ1) is 11.0. The highest BCUT2D eigenvalue weighted by Crippen LogP contribution is 2.16. The Morgan fingerprint density at radius 2 is 2.09 bits per heavy atom. The van der Waals surface area contributed by atoms with Gasteiger partial charge in [-0.25, -0.2) is 4.39 Å². The molecule has 0 fully saturated rings.